The zero-order valence-electron chi connectivity index (χ0n) is 11.3. The molecule has 0 saturated carbocycles. The van der Waals surface area contributed by atoms with Gasteiger partial charge in [0.2, 0.25) is 5.91 Å². The standard InChI is InChI=1S/C13H15N3OS3/c1-3-18-12-14-15-13(20-12)19-9-11(17)16(2)10-7-5-4-6-8-10/h4-8H,3,9H2,1-2H3. The lowest BCUT2D eigenvalue weighted by molar-refractivity contribution is -0.115. The topological polar surface area (TPSA) is 46.1 Å². The molecular weight excluding hydrogens is 310 g/mol. The average molecular weight is 325 g/mol. The fourth-order valence-corrected chi connectivity index (χ4v) is 4.28. The lowest BCUT2D eigenvalue weighted by Crippen LogP contribution is -2.27. The average Bonchev–Trinajstić information content (AvgIpc) is 2.93. The normalized spacial score (nSPS) is 10.5. The monoisotopic (exact) mass is 325 g/mol. The van der Waals surface area contributed by atoms with Gasteiger partial charge in [0.25, 0.3) is 0 Å². The summed E-state index contributed by atoms with van der Waals surface area (Å²) in [6.07, 6.45) is 0. The van der Waals surface area contributed by atoms with Gasteiger partial charge in [-0.3, -0.25) is 4.79 Å². The molecule has 2 rings (SSSR count). The molecule has 0 aliphatic heterocycles. The van der Waals surface area contributed by atoms with Crippen molar-refractivity contribution in [3.05, 3.63) is 30.3 Å². The molecule has 0 atom stereocenters. The lowest BCUT2D eigenvalue weighted by atomic mass is 10.3. The number of nitrogens with zero attached hydrogens (tertiary/aromatic N) is 3. The molecule has 0 aliphatic carbocycles. The van der Waals surface area contributed by atoms with Crippen LogP contribution in [0.2, 0.25) is 0 Å². The van der Waals surface area contributed by atoms with E-state index in [1.165, 1.54) is 23.1 Å². The van der Waals surface area contributed by atoms with Crippen LogP contribution in [-0.4, -0.2) is 34.7 Å². The second-order valence-corrected chi connectivity index (χ2v) is 7.55. The van der Waals surface area contributed by atoms with E-state index in [-0.39, 0.29) is 5.91 Å². The van der Waals surface area contributed by atoms with E-state index in [1.54, 1.807) is 23.7 Å². The largest absolute Gasteiger partial charge is 0.315 e. The number of thioether (sulfide) groups is 2. The maximum Gasteiger partial charge on any atom is 0.237 e. The van der Waals surface area contributed by atoms with E-state index in [0.29, 0.717) is 5.75 Å². The Morgan fingerprint density at radius 3 is 2.50 bits per heavy atom. The minimum absolute atomic E-state index is 0.0566. The maximum absolute atomic E-state index is 12.1. The minimum atomic E-state index is 0.0566. The van der Waals surface area contributed by atoms with Gasteiger partial charge in [-0.1, -0.05) is 60.0 Å². The number of carbonyl (C=O) groups excluding carboxylic acids is 1. The van der Waals surface area contributed by atoms with Crippen LogP contribution in [0.4, 0.5) is 5.69 Å². The van der Waals surface area contributed by atoms with Crippen LogP contribution in [0, 0.1) is 0 Å². The molecule has 106 valence electrons. The van der Waals surface area contributed by atoms with Crippen molar-refractivity contribution in [1.82, 2.24) is 10.2 Å². The van der Waals surface area contributed by atoms with Gasteiger partial charge in [-0.05, 0) is 17.9 Å². The van der Waals surface area contributed by atoms with Gasteiger partial charge in [-0.2, -0.15) is 0 Å². The Kier molecular flexibility index (Phi) is 5.87. The van der Waals surface area contributed by atoms with Crippen molar-refractivity contribution >= 4 is 46.5 Å². The number of carbonyl (C=O) groups is 1. The third kappa shape index (κ3) is 4.22. The zero-order chi connectivity index (χ0) is 14.4. The first-order valence-electron chi connectivity index (χ1n) is 6.11. The number of rotatable bonds is 6. The van der Waals surface area contributed by atoms with Gasteiger partial charge in [-0.15, -0.1) is 10.2 Å². The van der Waals surface area contributed by atoms with Crippen molar-refractivity contribution in [2.45, 2.75) is 15.6 Å². The van der Waals surface area contributed by atoms with E-state index in [9.17, 15) is 4.79 Å². The molecule has 0 fully saturated rings. The summed E-state index contributed by atoms with van der Waals surface area (Å²) in [5.41, 5.74) is 0.901. The SMILES string of the molecule is CCSc1nnc(SCC(=O)N(C)c2ccccc2)s1. The molecule has 1 aromatic carbocycles. The van der Waals surface area contributed by atoms with Gasteiger partial charge in [-0.25, -0.2) is 0 Å². The molecule has 1 heterocycles. The van der Waals surface area contributed by atoms with Crippen LogP contribution < -0.4 is 4.90 Å². The summed E-state index contributed by atoms with van der Waals surface area (Å²) >= 11 is 4.65. The van der Waals surface area contributed by atoms with Crippen LogP contribution in [0.15, 0.2) is 39.0 Å². The van der Waals surface area contributed by atoms with Crippen LogP contribution in [0.25, 0.3) is 0 Å². The first-order chi connectivity index (χ1) is 9.70. The Balaban J connectivity index is 1.88. The highest BCUT2D eigenvalue weighted by Gasteiger charge is 2.13. The molecule has 0 radical (unpaired) electrons. The van der Waals surface area contributed by atoms with E-state index < -0.39 is 0 Å². The Morgan fingerprint density at radius 1 is 1.20 bits per heavy atom. The van der Waals surface area contributed by atoms with Crippen molar-refractivity contribution in [1.29, 1.82) is 0 Å². The minimum Gasteiger partial charge on any atom is -0.315 e. The van der Waals surface area contributed by atoms with Crippen molar-refractivity contribution in [2.75, 3.05) is 23.5 Å². The van der Waals surface area contributed by atoms with E-state index in [4.69, 9.17) is 0 Å². The third-order valence-electron chi connectivity index (χ3n) is 2.49. The summed E-state index contributed by atoms with van der Waals surface area (Å²) in [6.45, 7) is 2.08. The van der Waals surface area contributed by atoms with E-state index >= 15 is 0 Å². The number of amides is 1. The van der Waals surface area contributed by atoms with Gasteiger partial charge >= 0.3 is 0 Å². The summed E-state index contributed by atoms with van der Waals surface area (Å²) < 4.78 is 1.80. The Morgan fingerprint density at radius 2 is 1.85 bits per heavy atom. The smallest absolute Gasteiger partial charge is 0.237 e. The summed E-state index contributed by atoms with van der Waals surface area (Å²) in [4.78, 5) is 13.8. The summed E-state index contributed by atoms with van der Waals surface area (Å²) in [6, 6.07) is 9.62. The molecule has 7 heteroatoms. The highest BCUT2D eigenvalue weighted by molar-refractivity contribution is 8.03. The molecular formula is C13H15N3OS3. The van der Waals surface area contributed by atoms with Crippen LogP contribution >= 0.6 is 34.9 Å². The van der Waals surface area contributed by atoms with Crippen LogP contribution in [0.1, 0.15) is 6.92 Å². The summed E-state index contributed by atoms with van der Waals surface area (Å²) in [7, 11) is 1.79. The van der Waals surface area contributed by atoms with Crippen molar-refractivity contribution in [3.63, 3.8) is 0 Å². The molecule has 4 nitrogen and oxygen atoms in total. The molecule has 20 heavy (non-hydrogen) atoms. The van der Waals surface area contributed by atoms with Crippen LogP contribution in [0.5, 0.6) is 0 Å². The van der Waals surface area contributed by atoms with E-state index in [2.05, 4.69) is 17.1 Å². The number of hydrogen-bond donors (Lipinski definition) is 0. The molecule has 0 N–H and O–H groups in total. The molecule has 0 spiro atoms. The second kappa shape index (κ2) is 7.66. The zero-order valence-corrected chi connectivity index (χ0v) is 13.7. The van der Waals surface area contributed by atoms with Gasteiger partial charge in [0.1, 0.15) is 0 Å². The summed E-state index contributed by atoms with van der Waals surface area (Å²) in [5.74, 6) is 1.41. The second-order valence-electron chi connectivity index (χ2n) is 3.84. The number of hydrogen-bond acceptors (Lipinski definition) is 6. The van der Waals surface area contributed by atoms with Crippen molar-refractivity contribution < 1.29 is 4.79 Å². The summed E-state index contributed by atoms with van der Waals surface area (Å²) in [5, 5.41) is 8.15. The fraction of sp³-hybridized carbons (Fsp3) is 0.308. The first-order valence-corrected chi connectivity index (χ1v) is 8.90. The van der Waals surface area contributed by atoms with Gasteiger partial charge in [0.15, 0.2) is 8.68 Å². The third-order valence-corrected chi connectivity index (χ3v) is 5.55. The quantitative estimate of drug-likeness (QED) is 0.762. The molecule has 0 bridgehead atoms. The molecule has 1 aromatic heterocycles. The molecule has 2 aromatic rings. The number of anilines is 1. The fourth-order valence-electron chi connectivity index (χ4n) is 1.45. The van der Waals surface area contributed by atoms with Crippen molar-refractivity contribution in [2.24, 2.45) is 0 Å². The predicted octanol–water partition coefficient (Wildman–Crippen LogP) is 3.41. The van der Waals surface area contributed by atoms with Gasteiger partial charge < -0.3 is 4.90 Å². The van der Waals surface area contributed by atoms with Crippen molar-refractivity contribution in [3.8, 4) is 0 Å². The Labute approximate surface area is 131 Å². The predicted molar refractivity (Wildman–Crippen MR) is 86.9 cm³/mol. The molecule has 0 unspecified atom stereocenters. The lowest BCUT2D eigenvalue weighted by Gasteiger charge is -2.16. The highest BCUT2D eigenvalue weighted by Crippen LogP contribution is 2.28. The number of benzene rings is 1. The van der Waals surface area contributed by atoms with E-state index in [1.807, 2.05) is 30.3 Å². The van der Waals surface area contributed by atoms with Gasteiger partial charge in [0, 0.05) is 12.7 Å². The molecule has 0 aliphatic rings. The van der Waals surface area contributed by atoms with Gasteiger partial charge in [0.05, 0.1) is 5.75 Å². The molecule has 1 amide bonds. The number of aromatic nitrogens is 2. The van der Waals surface area contributed by atoms with E-state index in [0.717, 1.165) is 20.1 Å². The molecule has 0 saturated heterocycles. The Bertz CT molecular complexity index is 559. The van der Waals surface area contributed by atoms with Crippen LogP contribution in [0.3, 0.4) is 0 Å². The first kappa shape index (κ1) is 15.3. The Hall–Kier alpha value is -1.05. The highest BCUT2D eigenvalue weighted by atomic mass is 32.2. The maximum atomic E-state index is 12.1. The van der Waals surface area contributed by atoms with Crippen LogP contribution in [-0.2, 0) is 4.79 Å². The number of para-hydroxylation sites is 1.